The first-order valence-electron chi connectivity index (χ1n) is 5.82. The Hall–Kier alpha value is -0.0400. The third-order valence-corrected chi connectivity index (χ3v) is 4.36. The van der Waals surface area contributed by atoms with Crippen LogP contribution >= 0.6 is 0 Å². The highest BCUT2D eigenvalue weighted by molar-refractivity contribution is 5.15. The van der Waals surface area contributed by atoms with Gasteiger partial charge in [0.05, 0.1) is 0 Å². The van der Waals surface area contributed by atoms with Gasteiger partial charge >= 0.3 is 0 Å². The van der Waals surface area contributed by atoms with Crippen molar-refractivity contribution in [3.63, 3.8) is 0 Å². The van der Waals surface area contributed by atoms with E-state index >= 15 is 0 Å². The van der Waals surface area contributed by atoms with Crippen molar-refractivity contribution in [3.8, 4) is 0 Å². The third-order valence-electron chi connectivity index (χ3n) is 4.36. The van der Waals surface area contributed by atoms with Gasteiger partial charge in [0.2, 0.25) is 0 Å². The Morgan fingerprint density at radius 3 is 2.15 bits per heavy atom. The van der Waals surface area contributed by atoms with Crippen molar-refractivity contribution in [1.29, 1.82) is 0 Å². The van der Waals surface area contributed by atoms with Gasteiger partial charge in [0, 0.05) is 5.54 Å². The van der Waals surface area contributed by atoms with Crippen LogP contribution in [0.4, 0.5) is 0 Å². The second-order valence-corrected chi connectivity index (χ2v) is 5.92. The molecule has 0 amide bonds. The molecule has 2 saturated carbocycles. The van der Waals surface area contributed by atoms with Crippen molar-refractivity contribution in [2.75, 3.05) is 0 Å². The Morgan fingerprint density at radius 1 is 1.15 bits per heavy atom. The lowest BCUT2D eigenvalue weighted by atomic mass is 9.82. The van der Waals surface area contributed by atoms with Crippen molar-refractivity contribution < 1.29 is 0 Å². The van der Waals surface area contributed by atoms with Gasteiger partial charge in [-0.1, -0.05) is 46.0 Å². The van der Waals surface area contributed by atoms with Crippen molar-refractivity contribution in [1.82, 2.24) is 0 Å². The van der Waals surface area contributed by atoms with Gasteiger partial charge in [-0.15, -0.1) is 0 Å². The van der Waals surface area contributed by atoms with E-state index < -0.39 is 0 Å². The summed E-state index contributed by atoms with van der Waals surface area (Å²) in [7, 11) is 0. The van der Waals surface area contributed by atoms with E-state index in [4.69, 9.17) is 5.73 Å². The SMILES string of the molecule is CC1(C)CC1(N)CC1CCCCC1. The van der Waals surface area contributed by atoms with Crippen LogP contribution in [0.2, 0.25) is 0 Å². The molecule has 2 aliphatic carbocycles. The molecule has 0 radical (unpaired) electrons. The number of nitrogens with two attached hydrogens (primary N) is 1. The van der Waals surface area contributed by atoms with Gasteiger partial charge in [-0.25, -0.2) is 0 Å². The normalized spacial score (nSPS) is 39.0. The van der Waals surface area contributed by atoms with Crippen LogP contribution in [-0.2, 0) is 0 Å². The van der Waals surface area contributed by atoms with Crippen molar-refractivity contribution in [3.05, 3.63) is 0 Å². The second-order valence-electron chi connectivity index (χ2n) is 5.92. The molecule has 76 valence electrons. The predicted molar refractivity (Wildman–Crippen MR) is 56.5 cm³/mol. The summed E-state index contributed by atoms with van der Waals surface area (Å²) in [6, 6.07) is 0. The highest BCUT2D eigenvalue weighted by atomic mass is 14.9. The van der Waals surface area contributed by atoms with Crippen LogP contribution in [0, 0.1) is 11.3 Å². The zero-order chi connectivity index (χ0) is 9.53. The van der Waals surface area contributed by atoms with Gasteiger partial charge in [0.15, 0.2) is 0 Å². The van der Waals surface area contributed by atoms with Crippen LogP contribution in [0.15, 0.2) is 0 Å². The van der Waals surface area contributed by atoms with E-state index in [-0.39, 0.29) is 5.54 Å². The van der Waals surface area contributed by atoms with E-state index in [1.165, 1.54) is 44.9 Å². The highest BCUT2D eigenvalue weighted by Crippen LogP contribution is 2.57. The molecular weight excluding hydrogens is 158 g/mol. The standard InChI is InChI=1S/C12H23N/c1-11(2)9-12(11,13)8-10-6-4-3-5-7-10/h10H,3-9,13H2,1-2H3. The molecule has 1 atom stereocenters. The van der Waals surface area contributed by atoms with Crippen LogP contribution in [0.1, 0.15) is 58.8 Å². The van der Waals surface area contributed by atoms with Crippen LogP contribution < -0.4 is 5.73 Å². The molecule has 2 N–H and O–H groups in total. The fraction of sp³-hybridized carbons (Fsp3) is 1.00. The van der Waals surface area contributed by atoms with Crippen LogP contribution in [0.3, 0.4) is 0 Å². The third kappa shape index (κ3) is 1.76. The first-order valence-corrected chi connectivity index (χ1v) is 5.82. The maximum Gasteiger partial charge on any atom is 0.0215 e. The Labute approximate surface area is 82.1 Å². The maximum atomic E-state index is 6.36. The molecule has 2 fully saturated rings. The van der Waals surface area contributed by atoms with E-state index in [1.54, 1.807) is 0 Å². The minimum atomic E-state index is 0.203. The monoisotopic (exact) mass is 181 g/mol. The molecule has 1 heteroatoms. The molecule has 0 aromatic carbocycles. The van der Waals surface area contributed by atoms with Crippen molar-refractivity contribution >= 4 is 0 Å². The minimum absolute atomic E-state index is 0.203. The van der Waals surface area contributed by atoms with Gasteiger partial charge in [-0.2, -0.15) is 0 Å². The summed E-state index contributed by atoms with van der Waals surface area (Å²) in [4.78, 5) is 0. The molecule has 1 nitrogen and oxygen atoms in total. The fourth-order valence-corrected chi connectivity index (χ4v) is 3.00. The number of rotatable bonds is 2. The molecule has 0 spiro atoms. The van der Waals surface area contributed by atoms with Gasteiger partial charge in [0.1, 0.15) is 0 Å². The predicted octanol–water partition coefficient (Wildman–Crippen LogP) is 3.08. The van der Waals surface area contributed by atoms with Gasteiger partial charge in [-0.05, 0) is 24.2 Å². The average molecular weight is 181 g/mol. The van der Waals surface area contributed by atoms with Crippen molar-refractivity contribution in [2.45, 2.75) is 64.3 Å². The van der Waals surface area contributed by atoms with E-state index in [9.17, 15) is 0 Å². The molecule has 0 aromatic heterocycles. The molecule has 2 rings (SSSR count). The lowest BCUT2D eigenvalue weighted by molar-refractivity contribution is 0.290. The van der Waals surface area contributed by atoms with Gasteiger partial charge in [-0.3, -0.25) is 0 Å². The van der Waals surface area contributed by atoms with E-state index in [1.807, 2.05) is 0 Å². The van der Waals surface area contributed by atoms with Crippen LogP contribution in [-0.4, -0.2) is 5.54 Å². The zero-order valence-corrected chi connectivity index (χ0v) is 9.10. The van der Waals surface area contributed by atoms with Gasteiger partial charge < -0.3 is 5.73 Å². The molecule has 0 aliphatic heterocycles. The molecule has 2 aliphatic rings. The summed E-state index contributed by atoms with van der Waals surface area (Å²) in [5.74, 6) is 0.945. The summed E-state index contributed by atoms with van der Waals surface area (Å²) >= 11 is 0. The summed E-state index contributed by atoms with van der Waals surface area (Å²) in [6.45, 7) is 4.63. The summed E-state index contributed by atoms with van der Waals surface area (Å²) in [5.41, 5.74) is 6.99. The maximum absolute atomic E-state index is 6.36. The zero-order valence-electron chi connectivity index (χ0n) is 9.10. The van der Waals surface area contributed by atoms with Crippen LogP contribution in [0.25, 0.3) is 0 Å². The molecule has 0 bridgehead atoms. The molecule has 13 heavy (non-hydrogen) atoms. The Kier molecular flexibility index (Phi) is 2.18. The van der Waals surface area contributed by atoms with Crippen LogP contribution in [0.5, 0.6) is 0 Å². The van der Waals surface area contributed by atoms with Crippen molar-refractivity contribution in [2.24, 2.45) is 17.1 Å². The smallest absolute Gasteiger partial charge is 0.0215 e. The fourth-order valence-electron chi connectivity index (χ4n) is 3.00. The van der Waals surface area contributed by atoms with E-state index in [0.29, 0.717) is 5.41 Å². The largest absolute Gasteiger partial charge is 0.325 e. The minimum Gasteiger partial charge on any atom is -0.325 e. The second kappa shape index (κ2) is 2.98. The Bertz CT molecular complexity index is 191. The quantitative estimate of drug-likeness (QED) is 0.696. The summed E-state index contributed by atoms with van der Waals surface area (Å²) in [5, 5.41) is 0. The first kappa shape index (κ1) is 9.51. The van der Waals surface area contributed by atoms with E-state index in [2.05, 4.69) is 13.8 Å². The van der Waals surface area contributed by atoms with Gasteiger partial charge in [0.25, 0.3) is 0 Å². The Morgan fingerprint density at radius 2 is 1.69 bits per heavy atom. The Balaban J connectivity index is 1.84. The first-order chi connectivity index (χ1) is 6.04. The average Bonchev–Trinajstić information content (AvgIpc) is 2.51. The molecule has 0 heterocycles. The topological polar surface area (TPSA) is 26.0 Å². The lowest BCUT2D eigenvalue weighted by Crippen LogP contribution is -2.31. The molecular formula is C12H23N. The number of hydrogen-bond donors (Lipinski definition) is 1. The molecule has 0 aromatic rings. The summed E-state index contributed by atoms with van der Waals surface area (Å²) in [6.07, 6.45) is 9.76. The molecule has 1 unspecified atom stereocenters. The molecule has 0 saturated heterocycles. The summed E-state index contributed by atoms with van der Waals surface area (Å²) < 4.78 is 0. The lowest BCUT2D eigenvalue weighted by Gasteiger charge is -2.26. The van der Waals surface area contributed by atoms with E-state index in [0.717, 1.165) is 5.92 Å². The highest BCUT2D eigenvalue weighted by Gasteiger charge is 2.58. The number of hydrogen-bond acceptors (Lipinski definition) is 1.